The third-order valence-corrected chi connectivity index (χ3v) is 3.17. The van der Waals surface area contributed by atoms with Gasteiger partial charge in [0.15, 0.2) is 0 Å². The smallest absolute Gasteiger partial charge is 0.339 e. The molecule has 1 aliphatic rings. The summed E-state index contributed by atoms with van der Waals surface area (Å²) in [7, 11) is 1.34. The fourth-order valence-corrected chi connectivity index (χ4v) is 1.98. The molecule has 0 spiro atoms. The lowest BCUT2D eigenvalue weighted by molar-refractivity contribution is 0.0381. The van der Waals surface area contributed by atoms with Gasteiger partial charge in [0.1, 0.15) is 11.4 Å². The zero-order valence-electron chi connectivity index (χ0n) is 11.1. The Morgan fingerprint density at radius 3 is 3.00 bits per heavy atom. The molecular weight excluding hydrogens is 248 g/mol. The van der Waals surface area contributed by atoms with Crippen LogP contribution in [0, 0.1) is 6.92 Å². The van der Waals surface area contributed by atoms with Crippen LogP contribution >= 0.6 is 0 Å². The van der Waals surface area contributed by atoms with Crippen molar-refractivity contribution in [1.82, 2.24) is 4.98 Å². The molecule has 0 saturated carbocycles. The summed E-state index contributed by atoms with van der Waals surface area (Å²) in [5, 5.41) is 13.2. The van der Waals surface area contributed by atoms with E-state index in [1.54, 1.807) is 19.1 Å². The van der Waals surface area contributed by atoms with Crippen LogP contribution in [0.3, 0.4) is 0 Å². The van der Waals surface area contributed by atoms with E-state index in [-0.39, 0.29) is 0 Å². The van der Waals surface area contributed by atoms with Crippen molar-refractivity contribution in [3.8, 4) is 0 Å². The Kier molecular flexibility index (Phi) is 4.01. The predicted molar refractivity (Wildman–Crippen MR) is 69.2 cm³/mol. The topological polar surface area (TPSA) is 80.7 Å². The van der Waals surface area contributed by atoms with E-state index in [2.05, 4.69) is 15.0 Å². The first kappa shape index (κ1) is 13.8. The average molecular weight is 266 g/mol. The maximum Gasteiger partial charge on any atom is 0.339 e. The van der Waals surface area contributed by atoms with Gasteiger partial charge in [0.25, 0.3) is 0 Å². The van der Waals surface area contributed by atoms with Gasteiger partial charge < -0.3 is 19.9 Å². The molecule has 1 aliphatic heterocycles. The molecule has 1 fully saturated rings. The molecule has 1 aromatic heterocycles. The Hall–Kier alpha value is -1.66. The van der Waals surface area contributed by atoms with E-state index in [9.17, 15) is 9.90 Å². The van der Waals surface area contributed by atoms with Crippen molar-refractivity contribution >= 4 is 11.8 Å². The molecule has 19 heavy (non-hydrogen) atoms. The summed E-state index contributed by atoms with van der Waals surface area (Å²) < 4.78 is 9.82. The number of rotatable bonds is 4. The number of carbonyl (C=O) groups is 1. The molecule has 0 aromatic carbocycles. The van der Waals surface area contributed by atoms with E-state index < -0.39 is 11.6 Å². The summed E-state index contributed by atoms with van der Waals surface area (Å²) in [5.41, 5.74) is 0.193. The summed E-state index contributed by atoms with van der Waals surface area (Å²) in [6, 6.07) is 3.35. The monoisotopic (exact) mass is 266 g/mol. The summed E-state index contributed by atoms with van der Waals surface area (Å²) >= 11 is 0. The number of nitrogens with zero attached hydrogens (tertiary/aromatic N) is 1. The van der Waals surface area contributed by atoms with Gasteiger partial charge in [0.2, 0.25) is 0 Å². The molecule has 1 aromatic rings. The first-order valence-corrected chi connectivity index (χ1v) is 6.14. The Morgan fingerprint density at radius 1 is 1.63 bits per heavy atom. The molecule has 104 valence electrons. The fourth-order valence-electron chi connectivity index (χ4n) is 1.98. The first-order chi connectivity index (χ1) is 9.04. The standard InChI is InChI=1S/C13H18N2O4/c1-9-10(12(16)18-2)3-4-11(15-9)14-7-13(17)5-6-19-8-13/h3-4,17H,5-8H2,1-2H3,(H,14,15). The van der Waals surface area contributed by atoms with Crippen molar-refractivity contribution in [3.63, 3.8) is 0 Å². The van der Waals surface area contributed by atoms with Crippen LogP contribution in [0.15, 0.2) is 12.1 Å². The highest BCUT2D eigenvalue weighted by Gasteiger charge is 2.32. The number of aromatic nitrogens is 1. The lowest BCUT2D eigenvalue weighted by Crippen LogP contribution is -2.37. The fraction of sp³-hybridized carbons (Fsp3) is 0.538. The third kappa shape index (κ3) is 3.21. The van der Waals surface area contributed by atoms with Crippen molar-refractivity contribution in [2.24, 2.45) is 0 Å². The van der Waals surface area contributed by atoms with Gasteiger partial charge in [0.05, 0.1) is 25.0 Å². The number of hydrogen-bond acceptors (Lipinski definition) is 6. The van der Waals surface area contributed by atoms with E-state index >= 15 is 0 Å². The molecule has 0 amide bonds. The number of nitrogens with one attached hydrogen (secondary N) is 1. The van der Waals surface area contributed by atoms with Crippen LogP contribution in [-0.4, -0.2) is 48.5 Å². The third-order valence-electron chi connectivity index (χ3n) is 3.17. The molecule has 0 aliphatic carbocycles. The SMILES string of the molecule is COC(=O)c1ccc(NCC2(O)CCOC2)nc1C. The maximum absolute atomic E-state index is 11.4. The number of ether oxygens (including phenoxy) is 2. The summed E-state index contributed by atoms with van der Waals surface area (Å²) in [6.45, 7) is 3.02. The van der Waals surface area contributed by atoms with Crippen LogP contribution in [0.4, 0.5) is 5.82 Å². The van der Waals surface area contributed by atoms with Crippen LogP contribution in [0.1, 0.15) is 22.5 Å². The Labute approximate surface area is 111 Å². The quantitative estimate of drug-likeness (QED) is 0.782. The second-order valence-electron chi connectivity index (χ2n) is 4.70. The number of aryl methyl sites for hydroxylation is 1. The van der Waals surface area contributed by atoms with Crippen molar-refractivity contribution < 1.29 is 19.4 Å². The summed E-state index contributed by atoms with van der Waals surface area (Å²) in [5.74, 6) is 0.213. The molecule has 6 nitrogen and oxygen atoms in total. The van der Waals surface area contributed by atoms with E-state index in [4.69, 9.17) is 4.74 Å². The van der Waals surface area contributed by atoms with Crippen LogP contribution in [0.2, 0.25) is 0 Å². The molecular formula is C13H18N2O4. The van der Waals surface area contributed by atoms with Crippen LogP contribution in [-0.2, 0) is 9.47 Å². The number of pyridine rings is 1. The number of carbonyl (C=O) groups excluding carboxylic acids is 1. The second-order valence-corrected chi connectivity index (χ2v) is 4.70. The number of hydrogen-bond donors (Lipinski definition) is 2. The van der Waals surface area contributed by atoms with Gasteiger partial charge in [-0.2, -0.15) is 0 Å². The molecule has 2 N–H and O–H groups in total. The van der Waals surface area contributed by atoms with E-state index in [0.29, 0.717) is 43.3 Å². The van der Waals surface area contributed by atoms with Crippen molar-refractivity contribution in [1.29, 1.82) is 0 Å². The molecule has 0 bridgehead atoms. The maximum atomic E-state index is 11.4. The number of esters is 1. The summed E-state index contributed by atoms with van der Waals surface area (Å²) in [6.07, 6.45) is 0.610. The van der Waals surface area contributed by atoms with Crippen LogP contribution in [0.5, 0.6) is 0 Å². The second kappa shape index (κ2) is 5.54. The average Bonchev–Trinajstić information content (AvgIpc) is 2.83. The predicted octanol–water partition coefficient (Wildman–Crippen LogP) is 0.740. The normalized spacial score (nSPS) is 22.3. The van der Waals surface area contributed by atoms with Gasteiger partial charge in [-0.05, 0) is 19.1 Å². The minimum absolute atomic E-state index is 0.333. The van der Waals surface area contributed by atoms with Gasteiger partial charge >= 0.3 is 5.97 Å². The van der Waals surface area contributed by atoms with E-state index in [1.165, 1.54) is 7.11 Å². The van der Waals surface area contributed by atoms with Gasteiger partial charge in [-0.25, -0.2) is 9.78 Å². The number of methoxy groups -OCH3 is 1. The molecule has 1 saturated heterocycles. The minimum Gasteiger partial charge on any atom is -0.465 e. The van der Waals surface area contributed by atoms with Gasteiger partial charge in [-0.15, -0.1) is 0 Å². The van der Waals surface area contributed by atoms with Crippen LogP contribution < -0.4 is 5.32 Å². The van der Waals surface area contributed by atoms with Gasteiger partial charge in [-0.3, -0.25) is 0 Å². The van der Waals surface area contributed by atoms with Crippen LogP contribution in [0.25, 0.3) is 0 Å². The van der Waals surface area contributed by atoms with Gasteiger partial charge in [-0.1, -0.05) is 0 Å². The molecule has 6 heteroatoms. The lowest BCUT2D eigenvalue weighted by Gasteiger charge is -2.21. The number of aliphatic hydroxyl groups is 1. The zero-order valence-corrected chi connectivity index (χ0v) is 11.1. The Morgan fingerprint density at radius 2 is 2.42 bits per heavy atom. The van der Waals surface area contributed by atoms with Crippen molar-refractivity contribution in [2.45, 2.75) is 18.9 Å². The molecule has 0 radical (unpaired) electrons. The van der Waals surface area contributed by atoms with Gasteiger partial charge in [0, 0.05) is 19.6 Å². The zero-order chi connectivity index (χ0) is 13.9. The highest BCUT2D eigenvalue weighted by Crippen LogP contribution is 2.19. The summed E-state index contributed by atoms with van der Waals surface area (Å²) in [4.78, 5) is 15.7. The lowest BCUT2D eigenvalue weighted by atomic mass is 10.0. The largest absolute Gasteiger partial charge is 0.465 e. The Balaban J connectivity index is 2.02. The highest BCUT2D eigenvalue weighted by molar-refractivity contribution is 5.90. The molecule has 2 rings (SSSR count). The number of anilines is 1. The molecule has 1 atom stereocenters. The minimum atomic E-state index is -0.837. The van der Waals surface area contributed by atoms with E-state index in [1.807, 2.05) is 0 Å². The van der Waals surface area contributed by atoms with Crippen molar-refractivity contribution in [3.05, 3.63) is 23.4 Å². The highest BCUT2D eigenvalue weighted by atomic mass is 16.5. The molecule has 2 heterocycles. The van der Waals surface area contributed by atoms with Crippen molar-refractivity contribution in [2.75, 3.05) is 32.2 Å². The first-order valence-electron chi connectivity index (χ1n) is 6.14. The van der Waals surface area contributed by atoms with E-state index in [0.717, 1.165) is 0 Å². The Bertz CT molecular complexity index is 470. The molecule has 1 unspecified atom stereocenters.